The van der Waals surface area contributed by atoms with Gasteiger partial charge in [-0.3, -0.25) is 4.79 Å². The Morgan fingerprint density at radius 1 is 1.40 bits per heavy atom. The van der Waals surface area contributed by atoms with E-state index in [2.05, 4.69) is 0 Å². The predicted octanol–water partition coefficient (Wildman–Crippen LogP) is 2.69. The molecule has 0 aliphatic carbocycles. The minimum atomic E-state index is 0.112. The number of hydrogen-bond donors (Lipinski definition) is 0. The van der Waals surface area contributed by atoms with Crippen LogP contribution in [-0.2, 0) is 0 Å². The lowest BCUT2D eigenvalue weighted by atomic mass is 10.2. The first-order valence-electron chi connectivity index (χ1n) is 5.01. The molecular weight excluding hydrogens is 192 g/mol. The van der Waals surface area contributed by atoms with E-state index < -0.39 is 0 Å². The van der Waals surface area contributed by atoms with Crippen LogP contribution < -0.4 is 9.47 Å². The number of aldehydes is 1. The summed E-state index contributed by atoms with van der Waals surface area (Å²) in [5, 5.41) is 0. The van der Waals surface area contributed by atoms with E-state index in [-0.39, 0.29) is 6.10 Å². The molecule has 0 unspecified atom stereocenters. The van der Waals surface area contributed by atoms with Crippen LogP contribution in [0.2, 0.25) is 0 Å². The first-order chi connectivity index (χ1) is 7.21. The van der Waals surface area contributed by atoms with Gasteiger partial charge in [0, 0.05) is 5.56 Å². The molecule has 0 saturated heterocycles. The van der Waals surface area contributed by atoms with Gasteiger partial charge in [0.15, 0.2) is 11.5 Å². The average molecular weight is 208 g/mol. The molecule has 0 N–H and O–H groups in total. The zero-order chi connectivity index (χ0) is 11.3. The van der Waals surface area contributed by atoms with Gasteiger partial charge in [-0.05, 0) is 31.5 Å². The normalized spacial score (nSPS) is 11.9. The third kappa shape index (κ3) is 2.98. The van der Waals surface area contributed by atoms with Crippen LogP contribution in [0.1, 0.15) is 30.6 Å². The minimum Gasteiger partial charge on any atom is -0.493 e. The second kappa shape index (κ2) is 5.39. The Balaban J connectivity index is 2.95. The van der Waals surface area contributed by atoms with Crippen molar-refractivity contribution in [1.82, 2.24) is 0 Å². The topological polar surface area (TPSA) is 35.5 Å². The summed E-state index contributed by atoms with van der Waals surface area (Å²) in [6.07, 6.45) is 1.82. The van der Waals surface area contributed by atoms with Crippen molar-refractivity contribution >= 4 is 6.29 Å². The molecule has 1 aromatic rings. The van der Waals surface area contributed by atoms with Gasteiger partial charge in [-0.25, -0.2) is 0 Å². The van der Waals surface area contributed by atoms with Gasteiger partial charge in [0.1, 0.15) is 6.29 Å². The Morgan fingerprint density at radius 2 is 2.13 bits per heavy atom. The Bertz CT molecular complexity index is 334. The van der Waals surface area contributed by atoms with Crippen molar-refractivity contribution < 1.29 is 14.3 Å². The number of hydrogen-bond acceptors (Lipinski definition) is 3. The number of carbonyl (C=O) groups excluding carboxylic acids is 1. The molecule has 1 rings (SSSR count). The summed E-state index contributed by atoms with van der Waals surface area (Å²) in [5.41, 5.74) is 0.592. The van der Waals surface area contributed by atoms with Gasteiger partial charge in [-0.15, -0.1) is 0 Å². The lowest BCUT2D eigenvalue weighted by molar-refractivity contribution is 0.112. The molecule has 1 aromatic carbocycles. The van der Waals surface area contributed by atoms with Crippen LogP contribution in [-0.4, -0.2) is 19.5 Å². The van der Waals surface area contributed by atoms with E-state index in [1.165, 1.54) is 0 Å². The molecule has 0 heterocycles. The van der Waals surface area contributed by atoms with Crippen LogP contribution in [0, 0.1) is 0 Å². The van der Waals surface area contributed by atoms with Crippen LogP contribution in [0.15, 0.2) is 18.2 Å². The molecule has 1 atom stereocenters. The number of rotatable bonds is 5. The van der Waals surface area contributed by atoms with Gasteiger partial charge < -0.3 is 9.47 Å². The first-order valence-corrected chi connectivity index (χ1v) is 5.01. The van der Waals surface area contributed by atoms with Gasteiger partial charge in [0.2, 0.25) is 0 Å². The molecule has 15 heavy (non-hydrogen) atoms. The van der Waals surface area contributed by atoms with Crippen LogP contribution in [0.3, 0.4) is 0 Å². The van der Waals surface area contributed by atoms with Crippen LogP contribution in [0.4, 0.5) is 0 Å². The molecule has 0 spiro atoms. The molecule has 3 nitrogen and oxygen atoms in total. The molecule has 3 heteroatoms. The molecule has 0 fully saturated rings. The predicted molar refractivity (Wildman–Crippen MR) is 58.8 cm³/mol. The number of ether oxygens (including phenoxy) is 2. The molecule has 0 radical (unpaired) electrons. The van der Waals surface area contributed by atoms with E-state index in [0.29, 0.717) is 17.1 Å². The monoisotopic (exact) mass is 208 g/mol. The molecule has 0 aliphatic heterocycles. The van der Waals surface area contributed by atoms with Crippen molar-refractivity contribution in [3.63, 3.8) is 0 Å². The summed E-state index contributed by atoms with van der Waals surface area (Å²) in [5.74, 6) is 1.28. The molecular formula is C12H16O3. The van der Waals surface area contributed by atoms with Crippen molar-refractivity contribution in [2.75, 3.05) is 7.11 Å². The third-order valence-electron chi connectivity index (χ3n) is 2.23. The zero-order valence-electron chi connectivity index (χ0n) is 9.32. The number of methoxy groups -OCH3 is 1. The van der Waals surface area contributed by atoms with Crippen LogP contribution in [0.5, 0.6) is 11.5 Å². The van der Waals surface area contributed by atoms with E-state index in [4.69, 9.17) is 9.47 Å². The fourth-order valence-corrected chi connectivity index (χ4v) is 1.16. The Hall–Kier alpha value is -1.51. The highest BCUT2D eigenvalue weighted by Gasteiger charge is 2.08. The third-order valence-corrected chi connectivity index (χ3v) is 2.23. The smallest absolute Gasteiger partial charge is 0.162 e. The summed E-state index contributed by atoms with van der Waals surface area (Å²) >= 11 is 0. The lowest BCUT2D eigenvalue weighted by Crippen LogP contribution is -2.10. The van der Waals surface area contributed by atoms with E-state index in [9.17, 15) is 4.79 Å². The highest BCUT2D eigenvalue weighted by molar-refractivity contribution is 5.76. The van der Waals surface area contributed by atoms with Crippen molar-refractivity contribution in [3.8, 4) is 11.5 Å². The maximum absolute atomic E-state index is 10.6. The number of carbonyl (C=O) groups is 1. The second-order valence-electron chi connectivity index (χ2n) is 3.36. The molecule has 82 valence electrons. The van der Waals surface area contributed by atoms with Crippen molar-refractivity contribution in [2.45, 2.75) is 26.4 Å². The van der Waals surface area contributed by atoms with Crippen LogP contribution >= 0.6 is 0 Å². The molecule has 0 aliphatic rings. The Kier molecular flexibility index (Phi) is 4.16. The fraction of sp³-hybridized carbons (Fsp3) is 0.417. The van der Waals surface area contributed by atoms with E-state index in [0.717, 1.165) is 12.7 Å². The highest BCUT2D eigenvalue weighted by atomic mass is 16.5. The Morgan fingerprint density at radius 3 is 2.67 bits per heavy atom. The maximum atomic E-state index is 10.6. The molecule has 0 aromatic heterocycles. The zero-order valence-corrected chi connectivity index (χ0v) is 9.32. The second-order valence-corrected chi connectivity index (χ2v) is 3.36. The number of benzene rings is 1. The summed E-state index contributed by atoms with van der Waals surface area (Å²) < 4.78 is 10.8. The van der Waals surface area contributed by atoms with Crippen molar-refractivity contribution in [2.24, 2.45) is 0 Å². The standard InChI is InChI=1S/C12H16O3/c1-4-9(2)15-12-7-10(8-13)5-6-11(12)14-3/h5-9H,4H2,1-3H3/t9-/m0/s1. The fourth-order valence-electron chi connectivity index (χ4n) is 1.16. The molecule has 0 amide bonds. The van der Waals surface area contributed by atoms with Crippen molar-refractivity contribution in [1.29, 1.82) is 0 Å². The highest BCUT2D eigenvalue weighted by Crippen LogP contribution is 2.28. The van der Waals surface area contributed by atoms with Gasteiger partial charge in [0.05, 0.1) is 13.2 Å². The Labute approximate surface area is 90.0 Å². The summed E-state index contributed by atoms with van der Waals surface area (Å²) in [7, 11) is 1.58. The summed E-state index contributed by atoms with van der Waals surface area (Å²) in [6, 6.07) is 5.13. The molecule has 0 saturated carbocycles. The first kappa shape index (κ1) is 11.6. The lowest BCUT2D eigenvalue weighted by Gasteiger charge is -2.15. The molecule has 0 bridgehead atoms. The minimum absolute atomic E-state index is 0.112. The quantitative estimate of drug-likeness (QED) is 0.698. The summed E-state index contributed by atoms with van der Waals surface area (Å²) in [6.45, 7) is 4.02. The maximum Gasteiger partial charge on any atom is 0.162 e. The SMILES string of the molecule is CC[C@H](C)Oc1cc(C=O)ccc1OC. The van der Waals surface area contributed by atoms with Crippen LogP contribution in [0.25, 0.3) is 0 Å². The largest absolute Gasteiger partial charge is 0.493 e. The van der Waals surface area contributed by atoms with E-state index in [1.807, 2.05) is 13.8 Å². The van der Waals surface area contributed by atoms with Gasteiger partial charge >= 0.3 is 0 Å². The van der Waals surface area contributed by atoms with Gasteiger partial charge in [-0.2, -0.15) is 0 Å². The van der Waals surface area contributed by atoms with Crippen molar-refractivity contribution in [3.05, 3.63) is 23.8 Å². The van der Waals surface area contributed by atoms with E-state index in [1.54, 1.807) is 25.3 Å². The van der Waals surface area contributed by atoms with Gasteiger partial charge in [-0.1, -0.05) is 6.92 Å². The van der Waals surface area contributed by atoms with E-state index >= 15 is 0 Å². The van der Waals surface area contributed by atoms with Gasteiger partial charge in [0.25, 0.3) is 0 Å². The average Bonchev–Trinajstić information content (AvgIpc) is 2.28. The summed E-state index contributed by atoms with van der Waals surface area (Å²) in [4.78, 5) is 10.6.